The van der Waals surface area contributed by atoms with Gasteiger partial charge in [0.15, 0.2) is 0 Å². The third kappa shape index (κ3) is 4.70. The van der Waals surface area contributed by atoms with Gasteiger partial charge in [-0.2, -0.15) is 0 Å². The molecule has 192 valence electrons. The largest absolute Gasteiger partial charge is 0.468 e. The Morgan fingerprint density at radius 3 is 2.53 bits per heavy atom. The van der Waals surface area contributed by atoms with Crippen molar-refractivity contribution < 1.29 is 9.53 Å². The van der Waals surface area contributed by atoms with Crippen LogP contribution in [0.25, 0.3) is 10.9 Å². The van der Waals surface area contributed by atoms with Crippen LogP contribution < -0.4 is 5.32 Å². The van der Waals surface area contributed by atoms with E-state index in [2.05, 4.69) is 96.6 Å². The number of methoxy groups -OCH3 is 1. The SMILES string of the molecule is COC(=O)[C@@H]1Cc2c([nH]c3ccccc23)[C@H]2C[C@@H](NCCN(C)C)C[C@@H](c3ccc(C(C)C)cc3)N21. The topological polar surface area (TPSA) is 60.6 Å². The number of H-pyrrole nitrogens is 1. The predicted molar refractivity (Wildman–Crippen MR) is 145 cm³/mol. The van der Waals surface area contributed by atoms with E-state index in [1.54, 1.807) is 0 Å². The molecule has 3 aromatic rings. The van der Waals surface area contributed by atoms with Crippen LogP contribution >= 0.6 is 0 Å². The number of nitrogens with one attached hydrogen (secondary N) is 2. The van der Waals surface area contributed by atoms with Crippen LogP contribution in [-0.2, 0) is 16.0 Å². The van der Waals surface area contributed by atoms with Gasteiger partial charge in [0, 0.05) is 48.2 Å². The van der Waals surface area contributed by atoms with Crippen LogP contribution in [0.5, 0.6) is 0 Å². The standard InChI is InChI=1S/C30H40N4O2/c1-19(2)20-10-12-21(13-11-20)26-16-22(31-14-15-33(3)4)17-27-29-24(18-28(34(26)27)30(35)36-5)23-8-6-7-9-25(23)32-29/h6-13,19,22,26-28,31-32H,14-18H2,1-5H3/t22-,26-,27+,28-/m0/s1. The molecule has 0 unspecified atom stereocenters. The summed E-state index contributed by atoms with van der Waals surface area (Å²) < 4.78 is 5.38. The molecule has 36 heavy (non-hydrogen) atoms. The van der Waals surface area contributed by atoms with Gasteiger partial charge in [-0.15, -0.1) is 0 Å². The molecule has 0 saturated carbocycles. The number of aromatic nitrogens is 1. The molecule has 2 aliphatic heterocycles. The molecule has 0 aliphatic carbocycles. The van der Waals surface area contributed by atoms with E-state index in [4.69, 9.17) is 4.74 Å². The van der Waals surface area contributed by atoms with Crippen LogP contribution in [0.2, 0.25) is 0 Å². The van der Waals surface area contributed by atoms with Gasteiger partial charge in [-0.05, 0) is 55.6 Å². The minimum Gasteiger partial charge on any atom is -0.468 e. The van der Waals surface area contributed by atoms with Gasteiger partial charge in [-0.3, -0.25) is 9.69 Å². The highest BCUT2D eigenvalue weighted by Crippen LogP contribution is 2.48. The van der Waals surface area contributed by atoms with E-state index in [1.807, 2.05) is 0 Å². The second-order valence-electron chi connectivity index (χ2n) is 11.0. The summed E-state index contributed by atoms with van der Waals surface area (Å²) in [7, 11) is 5.74. The highest BCUT2D eigenvalue weighted by molar-refractivity contribution is 5.87. The summed E-state index contributed by atoms with van der Waals surface area (Å²) >= 11 is 0. The number of aromatic amines is 1. The van der Waals surface area contributed by atoms with Gasteiger partial charge in [0.05, 0.1) is 13.2 Å². The van der Waals surface area contributed by atoms with Crippen molar-refractivity contribution in [1.29, 1.82) is 0 Å². The molecule has 2 aromatic carbocycles. The Labute approximate surface area is 215 Å². The highest BCUT2D eigenvalue weighted by Gasteiger charge is 2.48. The van der Waals surface area contributed by atoms with E-state index >= 15 is 0 Å². The zero-order chi connectivity index (χ0) is 25.4. The summed E-state index contributed by atoms with van der Waals surface area (Å²) in [6, 6.07) is 17.8. The van der Waals surface area contributed by atoms with Gasteiger partial charge in [-0.1, -0.05) is 56.3 Å². The summed E-state index contributed by atoms with van der Waals surface area (Å²) in [5.74, 6) is 0.351. The van der Waals surface area contributed by atoms with Gasteiger partial charge in [0.25, 0.3) is 0 Å². The average molecular weight is 489 g/mol. The molecular formula is C30H40N4O2. The van der Waals surface area contributed by atoms with E-state index < -0.39 is 0 Å². The van der Waals surface area contributed by atoms with Crippen molar-refractivity contribution in [2.24, 2.45) is 0 Å². The second-order valence-corrected chi connectivity index (χ2v) is 11.0. The molecule has 0 amide bonds. The fourth-order valence-corrected chi connectivity index (χ4v) is 6.23. The third-order valence-corrected chi connectivity index (χ3v) is 8.13. The highest BCUT2D eigenvalue weighted by atomic mass is 16.5. The number of hydrogen-bond acceptors (Lipinski definition) is 5. The zero-order valence-corrected chi connectivity index (χ0v) is 22.3. The quantitative estimate of drug-likeness (QED) is 0.469. The molecule has 1 fully saturated rings. The maximum atomic E-state index is 13.2. The summed E-state index contributed by atoms with van der Waals surface area (Å²) in [6.07, 6.45) is 2.59. The fourth-order valence-electron chi connectivity index (χ4n) is 6.23. The van der Waals surface area contributed by atoms with E-state index in [0.29, 0.717) is 18.4 Å². The molecule has 1 aromatic heterocycles. The number of piperidine rings is 1. The Kier molecular flexibility index (Phi) is 7.20. The van der Waals surface area contributed by atoms with E-state index in [-0.39, 0.29) is 24.1 Å². The Bertz CT molecular complexity index is 1200. The summed E-state index contributed by atoms with van der Waals surface area (Å²) in [5, 5.41) is 5.06. The Hall–Kier alpha value is -2.67. The van der Waals surface area contributed by atoms with Crippen LogP contribution in [0.1, 0.15) is 67.1 Å². The summed E-state index contributed by atoms with van der Waals surface area (Å²) in [5.41, 5.74) is 6.29. The third-order valence-electron chi connectivity index (χ3n) is 8.13. The maximum absolute atomic E-state index is 13.2. The van der Waals surface area contributed by atoms with Crippen LogP contribution in [0.3, 0.4) is 0 Å². The molecule has 3 heterocycles. The molecule has 6 nitrogen and oxygen atoms in total. The lowest BCUT2D eigenvalue weighted by molar-refractivity contribution is -0.152. The average Bonchev–Trinajstić information content (AvgIpc) is 3.26. The van der Waals surface area contributed by atoms with Crippen molar-refractivity contribution in [3.8, 4) is 0 Å². The smallest absolute Gasteiger partial charge is 0.323 e. The number of likely N-dealkylation sites (N-methyl/N-ethyl adjacent to an activating group) is 1. The lowest BCUT2D eigenvalue weighted by Crippen LogP contribution is -2.56. The van der Waals surface area contributed by atoms with Crippen molar-refractivity contribution in [3.63, 3.8) is 0 Å². The number of nitrogens with zero attached hydrogens (tertiary/aromatic N) is 2. The molecule has 5 rings (SSSR count). The summed E-state index contributed by atoms with van der Waals surface area (Å²) in [4.78, 5) is 21.7. The van der Waals surface area contributed by atoms with E-state index in [1.165, 1.54) is 34.9 Å². The molecule has 4 atom stereocenters. The van der Waals surface area contributed by atoms with Crippen LogP contribution in [0.15, 0.2) is 48.5 Å². The number of carbonyl (C=O) groups excluding carboxylic acids is 1. The number of esters is 1. The number of fused-ring (bicyclic) bond motifs is 5. The maximum Gasteiger partial charge on any atom is 0.323 e. The van der Waals surface area contributed by atoms with Crippen molar-refractivity contribution >= 4 is 16.9 Å². The lowest BCUT2D eigenvalue weighted by Gasteiger charge is -2.51. The number of ether oxygens (including phenoxy) is 1. The van der Waals surface area contributed by atoms with Crippen molar-refractivity contribution in [2.45, 2.75) is 63.2 Å². The first-order valence-electron chi connectivity index (χ1n) is 13.3. The van der Waals surface area contributed by atoms with E-state index in [0.717, 1.165) is 31.4 Å². The first-order chi connectivity index (χ1) is 17.4. The van der Waals surface area contributed by atoms with Crippen molar-refractivity contribution in [1.82, 2.24) is 20.1 Å². The predicted octanol–water partition coefficient (Wildman–Crippen LogP) is 4.79. The van der Waals surface area contributed by atoms with Crippen LogP contribution in [0, 0.1) is 0 Å². The number of para-hydroxylation sites is 1. The first kappa shape index (κ1) is 25.0. The monoisotopic (exact) mass is 488 g/mol. The van der Waals surface area contributed by atoms with Gasteiger partial charge < -0.3 is 19.9 Å². The van der Waals surface area contributed by atoms with Gasteiger partial charge in [0.2, 0.25) is 0 Å². The second kappa shape index (κ2) is 10.4. The summed E-state index contributed by atoms with van der Waals surface area (Å²) in [6.45, 7) is 6.40. The molecular weight excluding hydrogens is 448 g/mol. The zero-order valence-electron chi connectivity index (χ0n) is 22.3. The van der Waals surface area contributed by atoms with Gasteiger partial charge in [-0.25, -0.2) is 0 Å². The molecule has 2 N–H and O–H groups in total. The minimum atomic E-state index is -0.302. The van der Waals surface area contributed by atoms with E-state index in [9.17, 15) is 4.79 Å². The molecule has 0 radical (unpaired) electrons. The number of benzene rings is 2. The fraction of sp³-hybridized carbons (Fsp3) is 0.500. The van der Waals surface area contributed by atoms with Crippen LogP contribution in [-0.4, -0.2) is 67.1 Å². The van der Waals surface area contributed by atoms with Crippen molar-refractivity contribution in [3.05, 3.63) is 70.9 Å². The van der Waals surface area contributed by atoms with Gasteiger partial charge >= 0.3 is 5.97 Å². The van der Waals surface area contributed by atoms with Gasteiger partial charge in [0.1, 0.15) is 6.04 Å². The first-order valence-corrected chi connectivity index (χ1v) is 13.3. The number of rotatable bonds is 7. The molecule has 2 aliphatic rings. The molecule has 0 bridgehead atoms. The Balaban J connectivity index is 1.58. The Morgan fingerprint density at radius 1 is 1.11 bits per heavy atom. The van der Waals surface area contributed by atoms with Crippen LogP contribution in [0.4, 0.5) is 0 Å². The molecule has 6 heteroatoms. The number of carbonyl (C=O) groups is 1. The number of hydrogen-bond donors (Lipinski definition) is 2. The van der Waals surface area contributed by atoms with Crippen molar-refractivity contribution in [2.75, 3.05) is 34.3 Å². The Morgan fingerprint density at radius 2 is 1.83 bits per heavy atom. The lowest BCUT2D eigenvalue weighted by atomic mass is 9.79. The normalized spacial score (nSPS) is 24.2. The molecule has 1 saturated heterocycles. The minimum absolute atomic E-state index is 0.116. The molecule has 0 spiro atoms.